The number of ketones is 1. The minimum absolute atomic E-state index is 0.0251. The highest BCUT2D eigenvalue weighted by molar-refractivity contribution is 7.91. The Balaban J connectivity index is 2.21. The standard InChI is InChI=1S/C21H27N3O7S2/c1-6-9-33(28,29)31-21-16(12-22-24(21)7-2)19(25)15-11-13(3)20-18(14(15)4)17(23-30-5)8-10-32(20,26)27/h11-12H,6-10H2,1-5H3. The molecule has 0 atom stereocenters. The van der Waals surface area contributed by atoms with Crippen molar-refractivity contribution in [3.05, 3.63) is 40.1 Å². The van der Waals surface area contributed by atoms with Crippen molar-refractivity contribution in [3.63, 3.8) is 0 Å². The zero-order chi connectivity index (χ0) is 24.6. The average Bonchev–Trinajstić information content (AvgIpc) is 3.12. The Morgan fingerprint density at radius 3 is 2.55 bits per heavy atom. The number of aryl methyl sites for hydroxylation is 2. The van der Waals surface area contributed by atoms with E-state index in [1.807, 2.05) is 0 Å². The molecular formula is C21H27N3O7S2. The van der Waals surface area contributed by atoms with Crippen LogP contribution in [0.25, 0.3) is 0 Å². The molecule has 12 heteroatoms. The topological polar surface area (TPSA) is 134 Å². The molecule has 33 heavy (non-hydrogen) atoms. The lowest BCUT2D eigenvalue weighted by Crippen LogP contribution is -2.26. The van der Waals surface area contributed by atoms with Gasteiger partial charge in [-0.3, -0.25) is 4.79 Å². The predicted molar refractivity (Wildman–Crippen MR) is 122 cm³/mol. The van der Waals surface area contributed by atoms with Crippen LogP contribution in [0.1, 0.15) is 59.3 Å². The molecule has 0 fully saturated rings. The number of fused-ring (bicyclic) bond motifs is 1. The monoisotopic (exact) mass is 497 g/mol. The van der Waals surface area contributed by atoms with Crippen molar-refractivity contribution in [2.24, 2.45) is 5.16 Å². The quantitative estimate of drug-likeness (QED) is 0.308. The summed E-state index contributed by atoms with van der Waals surface area (Å²) in [4.78, 5) is 18.6. The molecule has 1 aromatic carbocycles. The summed E-state index contributed by atoms with van der Waals surface area (Å²) >= 11 is 0. The summed E-state index contributed by atoms with van der Waals surface area (Å²) < 4.78 is 56.7. The third kappa shape index (κ3) is 4.67. The lowest BCUT2D eigenvalue weighted by Gasteiger charge is -2.23. The van der Waals surface area contributed by atoms with Crippen LogP contribution in [0.5, 0.6) is 5.88 Å². The number of nitrogens with zero attached hydrogens (tertiary/aromatic N) is 3. The molecule has 0 N–H and O–H groups in total. The van der Waals surface area contributed by atoms with Gasteiger partial charge in [0.15, 0.2) is 15.6 Å². The van der Waals surface area contributed by atoms with Crippen molar-refractivity contribution >= 4 is 31.5 Å². The number of carbonyl (C=O) groups excluding carboxylic acids is 1. The van der Waals surface area contributed by atoms with Crippen LogP contribution in [0.4, 0.5) is 0 Å². The smallest absolute Gasteiger partial charge is 0.310 e. The number of oxime groups is 1. The maximum atomic E-state index is 13.6. The van der Waals surface area contributed by atoms with Gasteiger partial charge in [-0.15, -0.1) is 0 Å². The highest BCUT2D eigenvalue weighted by atomic mass is 32.2. The van der Waals surface area contributed by atoms with Gasteiger partial charge in [0.05, 0.1) is 28.3 Å². The first kappa shape index (κ1) is 24.9. The third-order valence-corrected chi connectivity index (χ3v) is 8.58. The van der Waals surface area contributed by atoms with Gasteiger partial charge in [0.1, 0.15) is 12.7 Å². The van der Waals surface area contributed by atoms with Gasteiger partial charge in [-0.25, -0.2) is 13.1 Å². The molecule has 2 aromatic rings. The molecule has 0 bridgehead atoms. The Hall–Kier alpha value is -2.73. The maximum Gasteiger partial charge on any atom is 0.310 e. The third-order valence-electron chi connectivity index (χ3n) is 5.37. The molecular weight excluding hydrogens is 470 g/mol. The molecule has 2 heterocycles. The lowest BCUT2D eigenvalue weighted by atomic mass is 9.91. The first-order valence-electron chi connectivity index (χ1n) is 10.5. The summed E-state index contributed by atoms with van der Waals surface area (Å²) in [7, 11) is -6.11. The van der Waals surface area contributed by atoms with Crippen molar-refractivity contribution in [1.29, 1.82) is 0 Å². The first-order valence-corrected chi connectivity index (χ1v) is 13.7. The van der Waals surface area contributed by atoms with Gasteiger partial charge in [-0.2, -0.15) is 13.5 Å². The van der Waals surface area contributed by atoms with Crippen LogP contribution >= 0.6 is 0 Å². The van der Waals surface area contributed by atoms with E-state index in [4.69, 9.17) is 9.02 Å². The molecule has 10 nitrogen and oxygen atoms in total. The second-order valence-corrected chi connectivity index (χ2v) is 11.4. The molecule has 0 radical (unpaired) electrons. The second-order valence-electron chi connectivity index (χ2n) is 7.71. The van der Waals surface area contributed by atoms with Crippen LogP contribution in [-0.4, -0.2) is 56.7 Å². The summed E-state index contributed by atoms with van der Waals surface area (Å²) in [6.45, 7) is 6.98. The van der Waals surface area contributed by atoms with Crippen molar-refractivity contribution < 1.29 is 30.7 Å². The molecule has 0 spiro atoms. The van der Waals surface area contributed by atoms with Crippen molar-refractivity contribution in [2.45, 2.75) is 52.0 Å². The van der Waals surface area contributed by atoms with Gasteiger partial charge >= 0.3 is 10.1 Å². The van der Waals surface area contributed by atoms with E-state index in [2.05, 4.69) is 10.3 Å². The number of aromatic nitrogens is 2. The van der Waals surface area contributed by atoms with Gasteiger partial charge in [0.2, 0.25) is 5.88 Å². The summed E-state index contributed by atoms with van der Waals surface area (Å²) in [5.41, 5.74) is 1.76. The van der Waals surface area contributed by atoms with E-state index < -0.39 is 25.7 Å². The number of rotatable bonds is 8. The molecule has 0 saturated carbocycles. The van der Waals surface area contributed by atoms with E-state index in [1.54, 1.807) is 27.7 Å². The SMILES string of the molecule is CCCS(=O)(=O)Oc1c(C(=O)c2cc(C)c3c(c2C)C(=NOC)CCS3(=O)=O)cnn1CC. The Kier molecular flexibility index (Phi) is 6.99. The Bertz CT molecular complexity index is 1340. The molecule has 0 unspecified atom stereocenters. The maximum absolute atomic E-state index is 13.6. The van der Waals surface area contributed by atoms with Crippen LogP contribution in [-0.2, 0) is 31.3 Å². The summed E-state index contributed by atoms with van der Waals surface area (Å²) in [6.07, 6.45) is 1.77. The number of benzene rings is 1. The van der Waals surface area contributed by atoms with Gasteiger partial charge in [0, 0.05) is 24.1 Å². The number of hydrogen-bond donors (Lipinski definition) is 0. The van der Waals surface area contributed by atoms with E-state index in [0.29, 0.717) is 28.8 Å². The highest BCUT2D eigenvalue weighted by Gasteiger charge is 2.34. The van der Waals surface area contributed by atoms with E-state index >= 15 is 0 Å². The largest absolute Gasteiger partial charge is 0.399 e. The predicted octanol–water partition coefficient (Wildman–Crippen LogP) is 2.40. The molecule has 0 aliphatic carbocycles. The van der Waals surface area contributed by atoms with Gasteiger partial charge in [-0.05, 0) is 44.4 Å². The van der Waals surface area contributed by atoms with E-state index in [0.717, 1.165) is 0 Å². The average molecular weight is 498 g/mol. The molecule has 1 aromatic heterocycles. The molecule has 1 aliphatic rings. The van der Waals surface area contributed by atoms with Crippen molar-refractivity contribution in [1.82, 2.24) is 9.78 Å². The molecule has 0 saturated heterocycles. The zero-order valence-corrected chi connectivity index (χ0v) is 20.8. The molecule has 3 rings (SSSR count). The normalized spacial score (nSPS) is 16.5. The minimum Gasteiger partial charge on any atom is -0.399 e. The first-order chi connectivity index (χ1) is 15.5. The highest BCUT2D eigenvalue weighted by Crippen LogP contribution is 2.35. The molecule has 0 amide bonds. The van der Waals surface area contributed by atoms with Crippen LogP contribution in [0.3, 0.4) is 0 Å². The second kappa shape index (κ2) is 9.26. The van der Waals surface area contributed by atoms with Crippen LogP contribution in [0, 0.1) is 13.8 Å². The van der Waals surface area contributed by atoms with Crippen LogP contribution in [0.15, 0.2) is 22.3 Å². The van der Waals surface area contributed by atoms with Crippen molar-refractivity contribution in [2.75, 3.05) is 18.6 Å². The fraction of sp³-hybridized carbons (Fsp3) is 0.476. The van der Waals surface area contributed by atoms with E-state index in [1.165, 1.54) is 24.1 Å². The Morgan fingerprint density at radius 2 is 1.94 bits per heavy atom. The summed E-state index contributed by atoms with van der Waals surface area (Å²) in [6, 6.07) is 1.50. The fourth-order valence-corrected chi connectivity index (χ4v) is 6.73. The number of carbonyl (C=O) groups is 1. The van der Waals surface area contributed by atoms with Crippen molar-refractivity contribution in [3.8, 4) is 5.88 Å². The van der Waals surface area contributed by atoms with E-state index in [9.17, 15) is 21.6 Å². The Morgan fingerprint density at radius 1 is 1.24 bits per heavy atom. The molecule has 1 aliphatic heterocycles. The Labute approximate surface area is 193 Å². The minimum atomic E-state index is -3.92. The van der Waals surface area contributed by atoms with Crippen LogP contribution in [0.2, 0.25) is 0 Å². The summed E-state index contributed by atoms with van der Waals surface area (Å²) in [5.74, 6) is -1.00. The van der Waals surface area contributed by atoms with Gasteiger partial charge in [-0.1, -0.05) is 12.1 Å². The van der Waals surface area contributed by atoms with Crippen LogP contribution < -0.4 is 4.18 Å². The van der Waals surface area contributed by atoms with Gasteiger partial charge < -0.3 is 9.02 Å². The molecule has 180 valence electrons. The lowest BCUT2D eigenvalue weighted by molar-refractivity contribution is 0.103. The van der Waals surface area contributed by atoms with E-state index in [-0.39, 0.29) is 46.4 Å². The van der Waals surface area contributed by atoms with Gasteiger partial charge in [0.25, 0.3) is 0 Å². The number of hydrogen-bond acceptors (Lipinski definition) is 9. The fourth-order valence-electron chi connectivity index (χ4n) is 3.94. The summed E-state index contributed by atoms with van der Waals surface area (Å²) in [5, 5.41) is 8.09. The zero-order valence-electron chi connectivity index (χ0n) is 19.2. The number of sulfone groups is 1.